The molecular formula is C23H25NO5. The van der Waals surface area contributed by atoms with Crippen LogP contribution in [0.25, 0.3) is 11.1 Å². The highest BCUT2D eigenvalue weighted by Gasteiger charge is 2.35. The van der Waals surface area contributed by atoms with Gasteiger partial charge in [0.2, 0.25) is 0 Å². The Morgan fingerprint density at radius 2 is 1.41 bits per heavy atom. The third-order valence-electron chi connectivity index (χ3n) is 5.21. The van der Waals surface area contributed by atoms with Crippen molar-refractivity contribution in [3.05, 3.63) is 66.7 Å². The lowest BCUT2D eigenvalue weighted by Crippen LogP contribution is -2.52. The van der Waals surface area contributed by atoms with Crippen LogP contribution < -0.4 is 4.74 Å². The molecule has 1 atom stereocenters. The fourth-order valence-electron chi connectivity index (χ4n) is 3.72. The Balaban J connectivity index is 0.000000258. The number of hydrogen-bond acceptors (Lipinski definition) is 4. The SMILES string of the molecule is O=C(O)/C=C/C(=O)O.c1ccc(-c2ccc(OC3CN4CCC3CC4)cc2)cc1. The number of piperidine rings is 3. The van der Waals surface area contributed by atoms with E-state index in [1.54, 1.807) is 0 Å². The maximum atomic E-state index is 9.55. The van der Waals surface area contributed by atoms with Crippen molar-refractivity contribution in [1.29, 1.82) is 0 Å². The van der Waals surface area contributed by atoms with Gasteiger partial charge in [0.15, 0.2) is 0 Å². The maximum absolute atomic E-state index is 9.55. The fourth-order valence-corrected chi connectivity index (χ4v) is 3.72. The summed E-state index contributed by atoms with van der Waals surface area (Å²) in [5.41, 5.74) is 2.50. The van der Waals surface area contributed by atoms with Crippen molar-refractivity contribution in [3.8, 4) is 16.9 Å². The predicted octanol–water partition coefficient (Wildman–Crippen LogP) is 3.54. The molecule has 152 valence electrons. The summed E-state index contributed by atoms with van der Waals surface area (Å²) < 4.78 is 6.24. The first-order valence-electron chi connectivity index (χ1n) is 9.69. The van der Waals surface area contributed by atoms with Gasteiger partial charge in [0.05, 0.1) is 0 Å². The fraction of sp³-hybridized carbons (Fsp3) is 0.304. The number of hydrogen-bond donors (Lipinski definition) is 2. The molecule has 3 saturated heterocycles. The first-order valence-corrected chi connectivity index (χ1v) is 9.69. The van der Waals surface area contributed by atoms with Crippen molar-refractivity contribution in [2.45, 2.75) is 18.9 Å². The van der Waals surface area contributed by atoms with Crippen LogP contribution in [0.4, 0.5) is 0 Å². The largest absolute Gasteiger partial charge is 0.489 e. The molecule has 2 bridgehead atoms. The first-order chi connectivity index (χ1) is 14.0. The molecule has 0 amide bonds. The molecule has 0 aliphatic carbocycles. The summed E-state index contributed by atoms with van der Waals surface area (Å²) in [6, 6.07) is 19.0. The van der Waals surface area contributed by atoms with Gasteiger partial charge >= 0.3 is 11.9 Å². The second-order valence-electron chi connectivity index (χ2n) is 7.19. The van der Waals surface area contributed by atoms with Crippen LogP contribution in [-0.4, -0.2) is 52.8 Å². The zero-order valence-corrected chi connectivity index (χ0v) is 16.1. The van der Waals surface area contributed by atoms with Gasteiger partial charge < -0.3 is 14.9 Å². The van der Waals surface area contributed by atoms with Crippen LogP contribution >= 0.6 is 0 Å². The second kappa shape index (κ2) is 9.89. The van der Waals surface area contributed by atoms with Crippen molar-refractivity contribution in [1.82, 2.24) is 4.90 Å². The second-order valence-corrected chi connectivity index (χ2v) is 7.19. The molecule has 0 aromatic heterocycles. The molecule has 3 fully saturated rings. The molecule has 0 saturated carbocycles. The minimum atomic E-state index is -1.26. The standard InChI is InChI=1S/C19H21NO.C4H4O4/c1-2-4-15(5-3-1)16-6-8-18(9-7-16)21-19-14-20-12-10-17(19)11-13-20;5-3(6)1-2-4(7)8/h1-9,17,19H,10-14H2;1-2H,(H,5,6)(H,7,8)/b;2-1+. The van der Waals surface area contributed by atoms with Gasteiger partial charge in [0.25, 0.3) is 0 Å². The van der Waals surface area contributed by atoms with Crippen LogP contribution in [0, 0.1) is 5.92 Å². The Kier molecular flexibility index (Phi) is 7.03. The molecule has 6 heteroatoms. The van der Waals surface area contributed by atoms with Crippen LogP contribution in [0.3, 0.4) is 0 Å². The number of ether oxygens (including phenoxy) is 1. The lowest BCUT2D eigenvalue weighted by atomic mass is 9.86. The lowest BCUT2D eigenvalue weighted by molar-refractivity contribution is -0.134. The number of fused-ring (bicyclic) bond motifs is 3. The monoisotopic (exact) mass is 395 g/mol. The highest BCUT2D eigenvalue weighted by Crippen LogP contribution is 2.31. The molecule has 0 radical (unpaired) electrons. The summed E-state index contributed by atoms with van der Waals surface area (Å²) in [7, 11) is 0. The quantitative estimate of drug-likeness (QED) is 0.753. The smallest absolute Gasteiger partial charge is 0.328 e. The number of carbonyl (C=O) groups is 2. The molecule has 3 aliphatic rings. The normalized spacial score (nSPS) is 22.6. The minimum absolute atomic E-state index is 0.384. The number of carboxylic acid groups (broad SMARTS) is 2. The Morgan fingerprint density at radius 3 is 1.90 bits per heavy atom. The molecule has 29 heavy (non-hydrogen) atoms. The van der Waals surface area contributed by atoms with Crippen molar-refractivity contribution >= 4 is 11.9 Å². The highest BCUT2D eigenvalue weighted by molar-refractivity contribution is 5.89. The molecule has 6 nitrogen and oxygen atoms in total. The maximum Gasteiger partial charge on any atom is 0.328 e. The molecule has 3 heterocycles. The van der Waals surface area contributed by atoms with E-state index in [1.807, 2.05) is 0 Å². The van der Waals surface area contributed by atoms with E-state index < -0.39 is 11.9 Å². The van der Waals surface area contributed by atoms with Crippen LogP contribution in [0.2, 0.25) is 0 Å². The van der Waals surface area contributed by atoms with Crippen molar-refractivity contribution in [2.24, 2.45) is 5.92 Å². The zero-order valence-electron chi connectivity index (χ0n) is 16.1. The average molecular weight is 395 g/mol. The topological polar surface area (TPSA) is 87.1 Å². The Labute approximate surface area is 170 Å². The van der Waals surface area contributed by atoms with E-state index in [-0.39, 0.29) is 0 Å². The molecule has 2 aromatic carbocycles. The van der Waals surface area contributed by atoms with E-state index >= 15 is 0 Å². The van der Waals surface area contributed by atoms with Crippen LogP contribution in [0.5, 0.6) is 5.75 Å². The average Bonchev–Trinajstić information content (AvgIpc) is 2.75. The highest BCUT2D eigenvalue weighted by atomic mass is 16.5. The molecule has 2 N–H and O–H groups in total. The van der Waals surface area contributed by atoms with Gasteiger partial charge in [0, 0.05) is 18.7 Å². The van der Waals surface area contributed by atoms with Gasteiger partial charge in [0.1, 0.15) is 11.9 Å². The number of aliphatic carboxylic acids is 2. The number of rotatable bonds is 5. The Hall–Kier alpha value is -3.12. The number of carboxylic acids is 2. The van der Waals surface area contributed by atoms with E-state index in [2.05, 4.69) is 59.5 Å². The Morgan fingerprint density at radius 1 is 0.862 bits per heavy atom. The number of nitrogens with zero attached hydrogens (tertiary/aromatic N) is 1. The summed E-state index contributed by atoms with van der Waals surface area (Å²) in [6.45, 7) is 3.63. The first kappa shape index (κ1) is 20.6. The third kappa shape index (κ3) is 6.19. The van der Waals surface area contributed by atoms with Crippen LogP contribution in [-0.2, 0) is 9.59 Å². The van der Waals surface area contributed by atoms with Gasteiger partial charge in [-0.05, 0) is 55.1 Å². The summed E-state index contributed by atoms with van der Waals surface area (Å²) in [5.74, 6) is -0.753. The summed E-state index contributed by atoms with van der Waals surface area (Å²) >= 11 is 0. The van der Waals surface area contributed by atoms with E-state index in [1.165, 1.54) is 37.1 Å². The number of benzene rings is 2. The summed E-state index contributed by atoms with van der Waals surface area (Å²) in [6.07, 6.45) is 4.10. The van der Waals surface area contributed by atoms with Gasteiger partial charge in [-0.25, -0.2) is 9.59 Å². The van der Waals surface area contributed by atoms with Crippen molar-refractivity contribution < 1.29 is 24.5 Å². The van der Waals surface area contributed by atoms with E-state index in [4.69, 9.17) is 14.9 Å². The van der Waals surface area contributed by atoms with Crippen molar-refractivity contribution in [2.75, 3.05) is 19.6 Å². The molecule has 2 aromatic rings. The van der Waals surface area contributed by atoms with Gasteiger partial charge in [-0.1, -0.05) is 42.5 Å². The van der Waals surface area contributed by atoms with E-state index in [9.17, 15) is 9.59 Å². The summed E-state index contributed by atoms with van der Waals surface area (Å²) in [4.78, 5) is 21.6. The zero-order chi connectivity index (χ0) is 20.6. The Bertz CT molecular complexity index is 823. The predicted molar refractivity (Wildman–Crippen MR) is 110 cm³/mol. The minimum Gasteiger partial charge on any atom is -0.489 e. The van der Waals surface area contributed by atoms with Crippen molar-refractivity contribution in [3.63, 3.8) is 0 Å². The van der Waals surface area contributed by atoms with E-state index in [0.29, 0.717) is 18.3 Å². The van der Waals surface area contributed by atoms with E-state index in [0.717, 1.165) is 18.2 Å². The summed E-state index contributed by atoms with van der Waals surface area (Å²) in [5, 5.41) is 15.6. The lowest BCUT2D eigenvalue weighted by Gasteiger charge is -2.44. The van der Waals surface area contributed by atoms with Gasteiger partial charge in [-0.2, -0.15) is 0 Å². The van der Waals surface area contributed by atoms with Gasteiger partial charge in [-0.3, -0.25) is 4.90 Å². The van der Waals surface area contributed by atoms with Crippen LogP contribution in [0.1, 0.15) is 12.8 Å². The van der Waals surface area contributed by atoms with Gasteiger partial charge in [-0.15, -0.1) is 0 Å². The van der Waals surface area contributed by atoms with Crippen LogP contribution in [0.15, 0.2) is 66.7 Å². The molecule has 0 spiro atoms. The molecule has 1 unspecified atom stereocenters. The molecule has 5 rings (SSSR count). The molecule has 3 aliphatic heterocycles. The molecular weight excluding hydrogens is 370 g/mol. The third-order valence-corrected chi connectivity index (χ3v) is 5.21.